The van der Waals surface area contributed by atoms with Gasteiger partial charge in [-0.15, -0.1) is 0 Å². The summed E-state index contributed by atoms with van der Waals surface area (Å²) in [5.41, 5.74) is 4.72. The van der Waals surface area contributed by atoms with Crippen molar-refractivity contribution in [2.45, 2.75) is 32.2 Å². The third-order valence-electron chi connectivity index (χ3n) is 4.19. The SMILES string of the molecule is CN(C)c1ccc(/C=N/NC(=O)CC(=O)NC(C)(C)Cc2ccc(O)cc2)cc1. The highest BCUT2D eigenvalue weighted by Crippen LogP contribution is 2.16. The monoisotopic (exact) mass is 396 g/mol. The van der Waals surface area contributed by atoms with Gasteiger partial charge in [-0.1, -0.05) is 24.3 Å². The van der Waals surface area contributed by atoms with Gasteiger partial charge in [0.05, 0.1) is 6.21 Å². The Labute approximate surface area is 171 Å². The molecule has 7 heteroatoms. The number of anilines is 1. The predicted octanol–water partition coefficient (Wildman–Crippen LogP) is 2.44. The number of carbonyl (C=O) groups excluding carboxylic acids is 2. The standard InChI is InChI=1S/C22H28N4O3/c1-22(2,14-16-7-11-19(27)12-8-16)24-20(28)13-21(29)25-23-15-17-5-9-18(10-6-17)26(3)4/h5-12,15,27H,13-14H2,1-4H3,(H,24,28)(H,25,29)/b23-15+. The molecule has 7 nitrogen and oxygen atoms in total. The number of hydrogen-bond donors (Lipinski definition) is 3. The van der Waals surface area contributed by atoms with Crippen LogP contribution in [0.2, 0.25) is 0 Å². The molecule has 29 heavy (non-hydrogen) atoms. The molecule has 0 fully saturated rings. The van der Waals surface area contributed by atoms with Gasteiger partial charge < -0.3 is 15.3 Å². The number of rotatable bonds is 8. The number of carbonyl (C=O) groups is 2. The zero-order chi connectivity index (χ0) is 21.4. The minimum absolute atomic E-state index is 0.196. The normalized spacial score (nSPS) is 11.3. The molecule has 0 unspecified atom stereocenters. The van der Waals surface area contributed by atoms with Gasteiger partial charge in [0.2, 0.25) is 11.8 Å². The van der Waals surface area contributed by atoms with Gasteiger partial charge in [-0.3, -0.25) is 9.59 Å². The van der Waals surface area contributed by atoms with E-state index in [1.807, 2.05) is 57.1 Å². The Hall–Kier alpha value is -3.35. The van der Waals surface area contributed by atoms with Crippen LogP contribution in [0.3, 0.4) is 0 Å². The summed E-state index contributed by atoms with van der Waals surface area (Å²) < 4.78 is 0. The first kappa shape index (κ1) is 21.9. The number of aromatic hydroxyl groups is 1. The van der Waals surface area contributed by atoms with E-state index >= 15 is 0 Å². The first-order valence-corrected chi connectivity index (χ1v) is 9.33. The molecule has 0 spiro atoms. The molecule has 0 saturated carbocycles. The van der Waals surface area contributed by atoms with Gasteiger partial charge in [-0.2, -0.15) is 5.10 Å². The molecule has 3 N–H and O–H groups in total. The minimum Gasteiger partial charge on any atom is -0.508 e. The molecule has 0 aliphatic carbocycles. The third-order valence-corrected chi connectivity index (χ3v) is 4.19. The molecule has 2 amide bonds. The number of nitrogens with one attached hydrogen (secondary N) is 2. The van der Waals surface area contributed by atoms with Crippen LogP contribution in [-0.2, 0) is 16.0 Å². The van der Waals surface area contributed by atoms with Crippen LogP contribution in [0.15, 0.2) is 53.6 Å². The highest BCUT2D eigenvalue weighted by atomic mass is 16.3. The van der Waals surface area contributed by atoms with E-state index in [0.717, 1.165) is 16.8 Å². The molecule has 154 valence electrons. The quantitative estimate of drug-likeness (QED) is 0.363. The molecule has 0 saturated heterocycles. The molecule has 2 aromatic carbocycles. The van der Waals surface area contributed by atoms with Crippen molar-refractivity contribution in [1.82, 2.24) is 10.7 Å². The summed E-state index contributed by atoms with van der Waals surface area (Å²) in [7, 11) is 3.92. The fourth-order valence-corrected chi connectivity index (χ4v) is 2.81. The van der Waals surface area contributed by atoms with E-state index < -0.39 is 11.4 Å². The summed E-state index contributed by atoms with van der Waals surface area (Å²) in [6.07, 6.45) is 1.79. The lowest BCUT2D eigenvalue weighted by molar-refractivity contribution is -0.130. The number of hydrazone groups is 1. The molecule has 0 aliphatic heterocycles. The highest BCUT2D eigenvalue weighted by Gasteiger charge is 2.22. The summed E-state index contributed by atoms with van der Waals surface area (Å²) in [5.74, 6) is -0.664. The van der Waals surface area contributed by atoms with Crippen LogP contribution in [0, 0.1) is 0 Å². The Morgan fingerprint density at radius 3 is 2.24 bits per heavy atom. The van der Waals surface area contributed by atoms with Crippen molar-refractivity contribution < 1.29 is 14.7 Å². The topological polar surface area (TPSA) is 94.0 Å². The summed E-state index contributed by atoms with van der Waals surface area (Å²) in [5, 5.41) is 16.1. The van der Waals surface area contributed by atoms with Crippen LogP contribution in [0.4, 0.5) is 5.69 Å². The Kier molecular flexibility index (Phi) is 7.36. The molecule has 2 rings (SSSR count). The third kappa shape index (κ3) is 7.65. The van der Waals surface area contributed by atoms with Crippen molar-refractivity contribution in [3.63, 3.8) is 0 Å². The summed E-state index contributed by atoms with van der Waals surface area (Å²) in [4.78, 5) is 26.1. The Balaban J connectivity index is 1.80. The zero-order valence-corrected chi connectivity index (χ0v) is 17.3. The maximum atomic E-state index is 12.2. The molecule has 0 radical (unpaired) electrons. The zero-order valence-electron chi connectivity index (χ0n) is 17.3. The number of hydrogen-bond acceptors (Lipinski definition) is 5. The van der Waals surface area contributed by atoms with E-state index in [9.17, 15) is 14.7 Å². The molecule has 2 aromatic rings. The van der Waals surface area contributed by atoms with Crippen LogP contribution in [-0.4, -0.2) is 42.8 Å². The lowest BCUT2D eigenvalue weighted by Crippen LogP contribution is -2.46. The van der Waals surface area contributed by atoms with E-state index in [1.54, 1.807) is 24.3 Å². The lowest BCUT2D eigenvalue weighted by atomic mass is 9.94. The number of phenolic OH excluding ortho intramolecular Hbond substituents is 1. The smallest absolute Gasteiger partial charge is 0.249 e. The van der Waals surface area contributed by atoms with E-state index in [0.29, 0.717) is 6.42 Å². The van der Waals surface area contributed by atoms with Gasteiger partial charge in [-0.25, -0.2) is 5.43 Å². The first-order chi connectivity index (χ1) is 13.6. The van der Waals surface area contributed by atoms with Crippen LogP contribution >= 0.6 is 0 Å². The summed E-state index contributed by atoms with van der Waals surface area (Å²) in [6.45, 7) is 3.76. The molecule has 0 aromatic heterocycles. The number of phenols is 1. The van der Waals surface area contributed by atoms with Crippen molar-refractivity contribution in [2.75, 3.05) is 19.0 Å². The molecule has 0 heterocycles. The highest BCUT2D eigenvalue weighted by molar-refractivity contribution is 5.97. The van der Waals surface area contributed by atoms with E-state index in [4.69, 9.17) is 0 Å². The van der Waals surface area contributed by atoms with E-state index in [2.05, 4.69) is 15.8 Å². The van der Waals surface area contributed by atoms with E-state index in [1.165, 1.54) is 6.21 Å². The summed E-state index contributed by atoms with van der Waals surface area (Å²) >= 11 is 0. The largest absolute Gasteiger partial charge is 0.508 e. The number of nitrogens with zero attached hydrogens (tertiary/aromatic N) is 2. The molecule has 0 aliphatic rings. The minimum atomic E-state index is -0.536. The van der Waals surface area contributed by atoms with Gasteiger partial charge in [0.15, 0.2) is 0 Å². The van der Waals surface area contributed by atoms with Crippen LogP contribution in [0.25, 0.3) is 0 Å². The van der Waals surface area contributed by atoms with Gasteiger partial charge in [0.25, 0.3) is 0 Å². The Morgan fingerprint density at radius 1 is 1.03 bits per heavy atom. The van der Waals surface area contributed by atoms with Crippen molar-refractivity contribution in [2.24, 2.45) is 5.10 Å². The van der Waals surface area contributed by atoms with Crippen molar-refractivity contribution in [3.8, 4) is 5.75 Å². The average Bonchev–Trinajstić information content (AvgIpc) is 2.63. The van der Waals surface area contributed by atoms with Crippen LogP contribution in [0.1, 0.15) is 31.4 Å². The maximum Gasteiger partial charge on any atom is 0.249 e. The summed E-state index contributed by atoms with van der Waals surface area (Å²) in [6, 6.07) is 14.5. The van der Waals surface area contributed by atoms with E-state index in [-0.39, 0.29) is 18.1 Å². The van der Waals surface area contributed by atoms with Crippen molar-refractivity contribution >= 4 is 23.7 Å². The van der Waals surface area contributed by atoms with Gasteiger partial charge in [-0.05, 0) is 55.7 Å². The maximum absolute atomic E-state index is 12.2. The first-order valence-electron chi connectivity index (χ1n) is 9.33. The van der Waals surface area contributed by atoms with Crippen LogP contribution in [0.5, 0.6) is 5.75 Å². The predicted molar refractivity (Wildman–Crippen MR) is 115 cm³/mol. The lowest BCUT2D eigenvalue weighted by Gasteiger charge is -2.26. The molecule has 0 atom stereocenters. The second-order valence-corrected chi connectivity index (χ2v) is 7.73. The van der Waals surface area contributed by atoms with Crippen molar-refractivity contribution in [3.05, 3.63) is 59.7 Å². The second-order valence-electron chi connectivity index (χ2n) is 7.73. The van der Waals surface area contributed by atoms with Gasteiger partial charge in [0, 0.05) is 25.3 Å². The van der Waals surface area contributed by atoms with Gasteiger partial charge in [0.1, 0.15) is 12.2 Å². The molecule has 0 bridgehead atoms. The Bertz CT molecular complexity index is 857. The molecular weight excluding hydrogens is 368 g/mol. The van der Waals surface area contributed by atoms with Crippen LogP contribution < -0.4 is 15.6 Å². The number of benzene rings is 2. The molecular formula is C22H28N4O3. The average molecular weight is 396 g/mol. The fourth-order valence-electron chi connectivity index (χ4n) is 2.81. The van der Waals surface area contributed by atoms with Crippen molar-refractivity contribution in [1.29, 1.82) is 0 Å². The number of amides is 2. The Morgan fingerprint density at radius 2 is 1.66 bits per heavy atom. The second kappa shape index (κ2) is 9.73. The fraction of sp³-hybridized carbons (Fsp3) is 0.318. The van der Waals surface area contributed by atoms with Gasteiger partial charge >= 0.3 is 0 Å².